The summed E-state index contributed by atoms with van der Waals surface area (Å²) in [6.07, 6.45) is 1.52. The molecule has 1 amide bonds. The molecular weight excluding hydrogens is 662 g/mol. The number of hydrogen-bond acceptors (Lipinski definition) is 5. The van der Waals surface area contributed by atoms with Gasteiger partial charge in [-0.1, -0.05) is 18.2 Å². The van der Waals surface area contributed by atoms with Crippen molar-refractivity contribution in [1.29, 1.82) is 5.26 Å². The maximum absolute atomic E-state index is 12.6. The molecule has 0 aliphatic rings. The van der Waals surface area contributed by atoms with Gasteiger partial charge in [-0.25, -0.2) is 4.79 Å². The van der Waals surface area contributed by atoms with Gasteiger partial charge in [0.15, 0.2) is 0 Å². The summed E-state index contributed by atoms with van der Waals surface area (Å²) >= 11 is 4.27. The van der Waals surface area contributed by atoms with E-state index < -0.39 is 11.9 Å². The van der Waals surface area contributed by atoms with Gasteiger partial charge in [-0.3, -0.25) is 4.79 Å². The predicted octanol–water partition coefficient (Wildman–Crippen LogP) is 5.73. The van der Waals surface area contributed by atoms with Gasteiger partial charge in [-0.2, -0.15) is 5.26 Å². The van der Waals surface area contributed by atoms with Crippen LogP contribution in [-0.2, 0) is 11.4 Å². The van der Waals surface area contributed by atoms with Crippen LogP contribution in [0.15, 0.2) is 66.2 Å². The maximum atomic E-state index is 12.6. The molecule has 0 heterocycles. The Kier molecular flexibility index (Phi) is 8.89. The van der Waals surface area contributed by atoms with E-state index in [1.807, 2.05) is 18.2 Å². The van der Waals surface area contributed by atoms with E-state index in [-0.39, 0.29) is 17.7 Å². The van der Waals surface area contributed by atoms with Crippen molar-refractivity contribution in [2.24, 2.45) is 0 Å². The summed E-state index contributed by atoms with van der Waals surface area (Å²) in [4.78, 5) is 23.6. The van der Waals surface area contributed by atoms with Crippen LogP contribution in [0.1, 0.15) is 21.5 Å². The number of hydrogen-bond donors (Lipinski definition) is 2. The zero-order valence-corrected chi connectivity index (χ0v) is 22.2. The van der Waals surface area contributed by atoms with Crippen LogP contribution >= 0.6 is 45.2 Å². The first kappa shape index (κ1) is 25.5. The zero-order valence-electron chi connectivity index (χ0n) is 17.8. The van der Waals surface area contributed by atoms with Crippen molar-refractivity contribution in [2.45, 2.75) is 6.61 Å². The van der Waals surface area contributed by atoms with E-state index in [2.05, 4.69) is 50.5 Å². The van der Waals surface area contributed by atoms with Crippen molar-refractivity contribution >= 4 is 68.8 Å². The third kappa shape index (κ3) is 6.71. The summed E-state index contributed by atoms with van der Waals surface area (Å²) < 4.78 is 12.7. The highest BCUT2D eigenvalue weighted by atomic mass is 127. The zero-order chi connectivity index (χ0) is 24.7. The van der Waals surface area contributed by atoms with Gasteiger partial charge in [-0.05, 0) is 98.8 Å². The molecule has 3 aromatic rings. The van der Waals surface area contributed by atoms with Crippen molar-refractivity contribution in [2.75, 3.05) is 12.4 Å². The Morgan fingerprint density at radius 3 is 2.35 bits per heavy atom. The van der Waals surface area contributed by atoms with E-state index in [1.54, 1.807) is 36.4 Å². The van der Waals surface area contributed by atoms with Crippen LogP contribution < -0.4 is 14.8 Å². The molecule has 172 valence electrons. The number of nitriles is 1. The number of anilines is 1. The van der Waals surface area contributed by atoms with Crippen LogP contribution in [0.2, 0.25) is 0 Å². The monoisotopic (exact) mass is 680 g/mol. The van der Waals surface area contributed by atoms with Crippen molar-refractivity contribution in [3.63, 3.8) is 0 Å². The Hall–Kier alpha value is -3.11. The standard InChI is InChI=1S/C25H18I2N2O5/c1-33-20-4-2-3-19(12-20)29-24(30)18(13-28)9-16-10-21(26)23(22(27)11-16)34-14-15-5-7-17(8-6-15)25(31)32/h2-12H,14H2,1H3,(H,29,30)(H,31,32)/b18-9-. The number of ether oxygens (including phenoxy) is 2. The molecule has 0 saturated heterocycles. The average molecular weight is 680 g/mol. The lowest BCUT2D eigenvalue weighted by molar-refractivity contribution is -0.112. The van der Waals surface area contributed by atoms with E-state index in [9.17, 15) is 14.9 Å². The molecule has 0 atom stereocenters. The minimum absolute atomic E-state index is 0.0402. The number of aromatic carboxylic acids is 1. The van der Waals surface area contributed by atoms with Crippen LogP contribution in [0.3, 0.4) is 0 Å². The summed E-state index contributed by atoms with van der Waals surface area (Å²) in [6, 6.07) is 19.0. The number of nitrogens with one attached hydrogen (secondary N) is 1. The minimum atomic E-state index is -0.978. The normalized spacial score (nSPS) is 10.8. The summed E-state index contributed by atoms with van der Waals surface area (Å²) in [6.45, 7) is 0.271. The molecule has 0 saturated carbocycles. The number of carboxylic acid groups (broad SMARTS) is 1. The Bertz CT molecular complexity index is 1270. The fraction of sp³-hybridized carbons (Fsp3) is 0.0800. The lowest BCUT2D eigenvalue weighted by Gasteiger charge is -2.12. The van der Waals surface area contributed by atoms with E-state index in [4.69, 9.17) is 14.6 Å². The van der Waals surface area contributed by atoms with Gasteiger partial charge in [0.1, 0.15) is 29.7 Å². The number of nitrogens with zero attached hydrogens (tertiary/aromatic N) is 1. The first-order valence-electron chi connectivity index (χ1n) is 9.82. The first-order chi connectivity index (χ1) is 16.3. The minimum Gasteiger partial charge on any atom is -0.497 e. The lowest BCUT2D eigenvalue weighted by Crippen LogP contribution is -2.13. The van der Waals surface area contributed by atoms with Gasteiger partial charge in [0.2, 0.25) is 0 Å². The second-order valence-electron chi connectivity index (χ2n) is 6.96. The van der Waals surface area contributed by atoms with E-state index in [1.165, 1.54) is 25.3 Å². The van der Waals surface area contributed by atoms with Crippen molar-refractivity contribution in [3.8, 4) is 17.6 Å². The number of methoxy groups -OCH3 is 1. The number of rotatable bonds is 8. The third-order valence-electron chi connectivity index (χ3n) is 4.61. The second kappa shape index (κ2) is 11.8. The highest BCUT2D eigenvalue weighted by molar-refractivity contribution is 14.1. The molecule has 0 unspecified atom stereocenters. The van der Waals surface area contributed by atoms with Crippen LogP contribution in [0, 0.1) is 18.5 Å². The SMILES string of the molecule is COc1cccc(NC(=O)/C(C#N)=C\c2cc(I)c(OCc3ccc(C(=O)O)cc3)c(I)c2)c1. The summed E-state index contributed by atoms with van der Waals surface area (Å²) in [7, 11) is 1.53. The smallest absolute Gasteiger partial charge is 0.335 e. The molecule has 0 aliphatic carbocycles. The fourth-order valence-electron chi connectivity index (χ4n) is 2.91. The lowest BCUT2D eigenvalue weighted by atomic mass is 10.1. The van der Waals surface area contributed by atoms with Gasteiger partial charge in [0, 0.05) is 11.8 Å². The van der Waals surface area contributed by atoms with Crippen LogP contribution in [0.25, 0.3) is 6.08 Å². The van der Waals surface area contributed by atoms with Gasteiger partial charge in [0.25, 0.3) is 5.91 Å². The molecule has 3 rings (SSSR count). The molecule has 34 heavy (non-hydrogen) atoms. The molecule has 2 N–H and O–H groups in total. The van der Waals surface area contributed by atoms with Gasteiger partial charge < -0.3 is 19.9 Å². The molecular formula is C25H18I2N2O5. The van der Waals surface area contributed by atoms with Crippen LogP contribution in [-0.4, -0.2) is 24.1 Å². The first-order valence-corrected chi connectivity index (χ1v) is 12.0. The number of halogens is 2. The topological polar surface area (TPSA) is 109 Å². The third-order valence-corrected chi connectivity index (χ3v) is 6.21. The molecule has 3 aromatic carbocycles. The van der Waals surface area contributed by atoms with E-state index in [0.29, 0.717) is 22.7 Å². The summed E-state index contributed by atoms with van der Waals surface area (Å²) in [5, 5.41) is 21.2. The quantitative estimate of drug-likeness (QED) is 0.179. The number of carboxylic acids is 1. The molecule has 0 aliphatic heterocycles. The number of carbonyl (C=O) groups excluding carboxylic acids is 1. The summed E-state index contributed by atoms with van der Waals surface area (Å²) in [5.74, 6) is -0.238. The largest absolute Gasteiger partial charge is 0.497 e. The summed E-state index contributed by atoms with van der Waals surface area (Å²) in [5.41, 5.74) is 2.22. The highest BCUT2D eigenvalue weighted by Gasteiger charge is 2.13. The predicted molar refractivity (Wildman–Crippen MR) is 145 cm³/mol. The van der Waals surface area contributed by atoms with Gasteiger partial charge in [-0.15, -0.1) is 0 Å². The molecule has 0 aromatic heterocycles. The van der Waals surface area contributed by atoms with E-state index >= 15 is 0 Å². The Labute approximate surface area is 223 Å². The fourth-order valence-corrected chi connectivity index (χ4v) is 5.04. The number of amides is 1. The molecule has 7 nitrogen and oxygen atoms in total. The Morgan fingerprint density at radius 1 is 1.09 bits per heavy atom. The van der Waals surface area contributed by atoms with Crippen molar-refractivity contribution < 1.29 is 24.2 Å². The second-order valence-corrected chi connectivity index (χ2v) is 9.28. The van der Waals surface area contributed by atoms with Crippen LogP contribution in [0.4, 0.5) is 5.69 Å². The van der Waals surface area contributed by atoms with Crippen molar-refractivity contribution in [1.82, 2.24) is 0 Å². The molecule has 0 spiro atoms. The molecule has 0 bridgehead atoms. The highest BCUT2D eigenvalue weighted by Crippen LogP contribution is 2.30. The number of carbonyl (C=O) groups is 2. The number of benzene rings is 3. The maximum Gasteiger partial charge on any atom is 0.335 e. The van der Waals surface area contributed by atoms with Gasteiger partial charge in [0.05, 0.1) is 19.8 Å². The van der Waals surface area contributed by atoms with Crippen LogP contribution in [0.5, 0.6) is 11.5 Å². The molecule has 0 radical (unpaired) electrons. The van der Waals surface area contributed by atoms with E-state index in [0.717, 1.165) is 12.7 Å². The Balaban J connectivity index is 1.74. The Morgan fingerprint density at radius 2 is 1.76 bits per heavy atom. The van der Waals surface area contributed by atoms with Gasteiger partial charge >= 0.3 is 5.97 Å². The molecule has 0 fully saturated rings. The van der Waals surface area contributed by atoms with Crippen molar-refractivity contribution in [3.05, 3.63) is 90.1 Å². The average Bonchev–Trinajstić information content (AvgIpc) is 2.82. The molecule has 9 heteroatoms.